The van der Waals surface area contributed by atoms with E-state index in [-0.39, 0.29) is 10.7 Å². The van der Waals surface area contributed by atoms with Crippen molar-refractivity contribution in [2.24, 2.45) is 0 Å². The molecule has 0 fully saturated rings. The molecule has 0 bridgehead atoms. The fourth-order valence-corrected chi connectivity index (χ4v) is 3.73. The summed E-state index contributed by atoms with van der Waals surface area (Å²) in [4.78, 5) is 12.0. The van der Waals surface area contributed by atoms with Gasteiger partial charge in [-0.3, -0.25) is 4.79 Å². The summed E-state index contributed by atoms with van der Waals surface area (Å²) in [7, 11) is -2.33. The van der Waals surface area contributed by atoms with Crippen LogP contribution in [-0.4, -0.2) is 33.1 Å². The smallest absolute Gasteiger partial charge is 0.241 e. The predicted molar refractivity (Wildman–Crippen MR) is 87.5 cm³/mol. The van der Waals surface area contributed by atoms with Crippen LogP contribution in [0.15, 0.2) is 27.6 Å². The number of nitrogens with one attached hydrogen (secondary N) is 2. The normalized spacial score (nSPS) is 11.3. The summed E-state index contributed by atoms with van der Waals surface area (Å²) in [5, 5.41) is 6.05. The van der Waals surface area contributed by atoms with E-state index in [2.05, 4.69) is 15.2 Å². The minimum absolute atomic E-state index is 0.133. The maximum atomic E-state index is 12.5. The van der Waals surface area contributed by atoms with Crippen LogP contribution in [0.1, 0.15) is 16.9 Å². The average molecular weight is 353 g/mol. The summed E-state index contributed by atoms with van der Waals surface area (Å²) in [6.07, 6.45) is 0. The molecular formula is C15H19N3O5S. The SMILES string of the molecule is COc1cc(C)c(S(=O)(=O)NCC(=O)Nc2cc(C)on2)c(C)c1. The van der Waals surface area contributed by atoms with Crippen LogP contribution in [0.25, 0.3) is 0 Å². The zero-order valence-corrected chi connectivity index (χ0v) is 14.7. The number of benzene rings is 1. The molecule has 0 radical (unpaired) electrons. The highest BCUT2D eigenvalue weighted by molar-refractivity contribution is 7.89. The van der Waals surface area contributed by atoms with Gasteiger partial charge in [-0.25, -0.2) is 13.1 Å². The van der Waals surface area contributed by atoms with Crippen LogP contribution in [-0.2, 0) is 14.8 Å². The number of aryl methyl sites for hydroxylation is 3. The molecule has 24 heavy (non-hydrogen) atoms. The molecule has 2 rings (SSSR count). The molecule has 1 aromatic heterocycles. The average Bonchev–Trinajstić information content (AvgIpc) is 2.89. The molecule has 1 amide bonds. The van der Waals surface area contributed by atoms with Gasteiger partial charge in [0, 0.05) is 6.07 Å². The third kappa shape index (κ3) is 4.12. The summed E-state index contributed by atoms with van der Waals surface area (Å²) < 4.78 is 37.2. The van der Waals surface area contributed by atoms with E-state index >= 15 is 0 Å². The van der Waals surface area contributed by atoms with Gasteiger partial charge in [-0.05, 0) is 44.0 Å². The van der Waals surface area contributed by atoms with E-state index in [1.807, 2.05) is 0 Å². The molecule has 9 heteroatoms. The van der Waals surface area contributed by atoms with Crippen molar-refractivity contribution in [2.45, 2.75) is 25.7 Å². The van der Waals surface area contributed by atoms with Gasteiger partial charge in [-0.1, -0.05) is 5.16 Å². The number of amides is 1. The summed E-state index contributed by atoms with van der Waals surface area (Å²) in [6.45, 7) is 4.60. The molecule has 8 nitrogen and oxygen atoms in total. The molecule has 130 valence electrons. The van der Waals surface area contributed by atoms with E-state index in [1.165, 1.54) is 13.2 Å². The second kappa shape index (κ2) is 7.02. The van der Waals surface area contributed by atoms with Crippen molar-refractivity contribution in [3.05, 3.63) is 35.1 Å². The van der Waals surface area contributed by atoms with E-state index < -0.39 is 22.5 Å². The third-order valence-corrected chi connectivity index (χ3v) is 4.96. The van der Waals surface area contributed by atoms with Gasteiger partial charge in [0.1, 0.15) is 11.5 Å². The van der Waals surface area contributed by atoms with Gasteiger partial charge in [0.25, 0.3) is 0 Å². The Labute approximate surface area is 140 Å². The fraction of sp³-hybridized carbons (Fsp3) is 0.333. The standard InChI is InChI=1S/C15H19N3O5S/c1-9-5-12(22-4)6-10(2)15(9)24(20,21)16-8-14(19)17-13-7-11(3)23-18-13/h5-7,16H,8H2,1-4H3,(H,17,18,19). The quantitative estimate of drug-likeness (QED) is 0.815. The van der Waals surface area contributed by atoms with Crippen molar-refractivity contribution >= 4 is 21.7 Å². The van der Waals surface area contributed by atoms with Crippen LogP contribution >= 0.6 is 0 Å². The van der Waals surface area contributed by atoms with Crippen LogP contribution in [0.2, 0.25) is 0 Å². The highest BCUT2D eigenvalue weighted by atomic mass is 32.2. The number of hydrogen-bond donors (Lipinski definition) is 2. The van der Waals surface area contributed by atoms with Crippen LogP contribution < -0.4 is 14.8 Å². The Hall–Kier alpha value is -2.39. The Morgan fingerprint density at radius 3 is 2.33 bits per heavy atom. The monoisotopic (exact) mass is 353 g/mol. The Balaban J connectivity index is 2.10. The van der Waals surface area contributed by atoms with Crippen LogP contribution in [0, 0.1) is 20.8 Å². The number of rotatable bonds is 6. The zero-order valence-electron chi connectivity index (χ0n) is 13.8. The lowest BCUT2D eigenvalue weighted by Crippen LogP contribution is -2.33. The molecule has 0 aliphatic rings. The minimum Gasteiger partial charge on any atom is -0.497 e. The first-order valence-electron chi connectivity index (χ1n) is 7.11. The van der Waals surface area contributed by atoms with Crippen molar-refractivity contribution in [1.82, 2.24) is 9.88 Å². The molecular weight excluding hydrogens is 334 g/mol. The molecule has 0 spiro atoms. The van der Waals surface area contributed by atoms with Crippen LogP contribution in [0.5, 0.6) is 5.75 Å². The number of methoxy groups -OCH3 is 1. The lowest BCUT2D eigenvalue weighted by molar-refractivity contribution is -0.115. The number of hydrogen-bond acceptors (Lipinski definition) is 6. The molecule has 0 saturated carbocycles. The van der Waals surface area contributed by atoms with Crippen molar-refractivity contribution < 1.29 is 22.5 Å². The molecule has 2 aromatic rings. The van der Waals surface area contributed by atoms with Crippen LogP contribution in [0.3, 0.4) is 0 Å². The Morgan fingerprint density at radius 2 is 1.83 bits per heavy atom. The van der Waals surface area contributed by atoms with Gasteiger partial charge >= 0.3 is 0 Å². The topological polar surface area (TPSA) is 111 Å². The van der Waals surface area contributed by atoms with Gasteiger partial charge in [0.2, 0.25) is 15.9 Å². The highest BCUT2D eigenvalue weighted by Crippen LogP contribution is 2.25. The van der Waals surface area contributed by atoms with E-state index in [1.54, 1.807) is 32.9 Å². The van der Waals surface area contributed by atoms with Crippen LogP contribution in [0.4, 0.5) is 5.82 Å². The molecule has 0 aliphatic heterocycles. The van der Waals surface area contributed by atoms with Gasteiger partial charge in [0.15, 0.2) is 5.82 Å². The Bertz CT molecular complexity index is 835. The first-order valence-corrected chi connectivity index (χ1v) is 8.59. The Morgan fingerprint density at radius 1 is 1.21 bits per heavy atom. The number of carbonyl (C=O) groups is 1. The summed E-state index contributed by atoms with van der Waals surface area (Å²) >= 11 is 0. The van der Waals surface area contributed by atoms with Crippen molar-refractivity contribution in [2.75, 3.05) is 19.0 Å². The molecule has 0 unspecified atom stereocenters. The Kier molecular flexibility index (Phi) is 5.25. The number of ether oxygens (including phenoxy) is 1. The first kappa shape index (κ1) is 18.0. The minimum atomic E-state index is -3.84. The number of sulfonamides is 1. The third-order valence-electron chi connectivity index (χ3n) is 3.26. The predicted octanol–water partition coefficient (Wildman–Crippen LogP) is 1.53. The van der Waals surface area contributed by atoms with E-state index in [0.29, 0.717) is 22.6 Å². The number of nitrogens with zero attached hydrogens (tertiary/aromatic N) is 1. The van der Waals surface area contributed by atoms with E-state index in [4.69, 9.17) is 9.26 Å². The summed E-state index contributed by atoms with van der Waals surface area (Å²) in [5.41, 5.74) is 1.07. The first-order chi connectivity index (χ1) is 11.2. The van der Waals surface area contributed by atoms with Gasteiger partial charge in [-0.15, -0.1) is 0 Å². The molecule has 0 saturated heterocycles. The second-order valence-corrected chi connectivity index (χ2v) is 6.99. The van der Waals surface area contributed by atoms with Gasteiger partial charge in [-0.2, -0.15) is 0 Å². The van der Waals surface area contributed by atoms with E-state index in [0.717, 1.165) is 0 Å². The van der Waals surface area contributed by atoms with Crippen molar-refractivity contribution in [3.8, 4) is 5.75 Å². The summed E-state index contributed by atoms with van der Waals surface area (Å²) in [6, 6.07) is 4.78. The highest BCUT2D eigenvalue weighted by Gasteiger charge is 2.21. The van der Waals surface area contributed by atoms with E-state index in [9.17, 15) is 13.2 Å². The molecule has 1 heterocycles. The number of carbonyl (C=O) groups excluding carboxylic acids is 1. The molecule has 1 aromatic carbocycles. The molecule has 0 aliphatic carbocycles. The number of anilines is 1. The molecule has 0 atom stereocenters. The largest absolute Gasteiger partial charge is 0.497 e. The number of aromatic nitrogens is 1. The molecule has 2 N–H and O–H groups in total. The van der Waals surface area contributed by atoms with Crippen molar-refractivity contribution in [3.63, 3.8) is 0 Å². The van der Waals surface area contributed by atoms with Gasteiger partial charge < -0.3 is 14.6 Å². The zero-order chi connectivity index (χ0) is 17.9. The lowest BCUT2D eigenvalue weighted by atomic mass is 10.1. The fourth-order valence-electron chi connectivity index (χ4n) is 2.30. The lowest BCUT2D eigenvalue weighted by Gasteiger charge is -2.13. The maximum Gasteiger partial charge on any atom is 0.241 e. The second-order valence-electron chi connectivity index (χ2n) is 5.29. The summed E-state index contributed by atoms with van der Waals surface area (Å²) in [5.74, 6) is 0.794. The van der Waals surface area contributed by atoms with Crippen molar-refractivity contribution in [1.29, 1.82) is 0 Å². The maximum absolute atomic E-state index is 12.5. The van der Waals surface area contributed by atoms with Gasteiger partial charge in [0.05, 0.1) is 18.6 Å².